The van der Waals surface area contributed by atoms with Gasteiger partial charge in [0.15, 0.2) is 0 Å². The fraction of sp³-hybridized carbons (Fsp3) is 0.292. The third-order valence-corrected chi connectivity index (χ3v) is 6.12. The van der Waals surface area contributed by atoms with Gasteiger partial charge >= 0.3 is 0 Å². The summed E-state index contributed by atoms with van der Waals surface area (Å²) in [7, 11) is 5.80. The lowest BCUT2D eigenvalue weighted by atomic mass is 10.1. The van der Waals surface area contributed by atoms with Crippen molar-refractivity contribution in [3.05, 3.63) is 48.9 Å². The minimum Gasteiger partial charge on any atom is -0.494 e. The molecule has 9 nitrogen and oxygen atoms in total. The van der Waals surface area contributed by atoms with Gasteiger partial charge in [0.2, 0.25) is 5.95 Å². The number of nitrogens with one attached hydrogen (secondary N) is 1. The van der Waals surface area contributed by atoms with Crippen LogP contribution in [-0.2, 0) is 7.05 Å². The smallest absolute Gasteiger partial charge is 0.227 e. The molecule has 1 aliphatic rings. The molecule has 0 saturated carbocycles. The molecule has 4 aromatic rings. The molecular weight excluding hydrogens is 416 g/mol. The largest absolute Gasteiger partial charge is 0.494 e. The number of nitrogens with zero attached hydrogens (tertiary/aromatic N) is 6. The molecule has 4 heterocycles. The fourth-order valence-corrected chi connectivity index (χ4v) is 4.26. The number of aromatic nitrogens is 4. The summed E-state index contributed by atoms with van der Waals surface area (Å²) in [5, 5.41) is 3.29. The molecule has 9 heteroatoms. The molecule has 0 unspecified atom stereocenters. The van der Waals surface area contributed by atoms with Crippen molar-refractivity contribution in [2.24, 2.45) is 7.05 Å². The average Bonchev–Trinajstić information content (AvgIpc) is 3.17. The van der Waals surface area contributed by atoms with Crippen LogP contribution in [-0.4, -0.2) is 64.8 Å². The average molecular weight is 445 g/mol. The van der Waals surface area contributed by atoms with E-state index in [2.05, 4.69) is 32.1 Å². The summed E-state index contributed by atoms with van der Waals surface area (Å²) in [5.41, 5.74) is 12.6. The maximum absolute atomic E-state index is 6.45. The number of fused-ring (bicyclic) bond motifs is 1. The number of methoxy groups -OCH3 is 1. The monoisotopic (exact) mass is 444 g/mol. The van der Waals surface area contributed by atoms with Gasteiger partial charge in [0.25, 0.3) is 0 Å². The molecule has 0 aliphatic carbocycles. The van der Waals surface area contributed by atoms with Crippen LogP contribution < -0.4 is 20.7 Å². The maximum Gasteiger partial charge on any atom is 0.227 e. The predicted molar refractivity (Wildman–Crippen MR) is 132 cm³/mol. The number of nitrogens with two attached hydrogens (primary N) is 1. The van der Waals surface area contributed by atoms with Crippen LogP contribution in [0.2, 0.25) is 0 Å². The number of ether oxygens (including phenoxy) is 1. The standard InChI is InChI=1S/C24H28N8O/c1-30-9-11-32(12-10-30)21-14-22(33-3)19(13-17(21)25)29-24-27-8-6-18(28-24)16-15-31(2)20-5-4-7-26-23(16)20/h4-8,13-15H,9-12,25H2,1-3H3,(H,27,28,29). The van der Waals surface area contributed by atoms with Crippen LogP contribution in [0.1, 0.15) is 0 Å². The first-order valence-corrected chi connectivity index (χ1v) is 10.9. The molecule has 1 fully saturated rings. The highest BCUT2D eigenvalue weighted by molar-refractivity contribution is 5.92. The minimum atomic E-state index is 0.463. The summed E-state index contributed by atoms with van der Waals surface area (Å²) in [6.07, 6.45) is 5.57. The summed E-state index contributed by atoms with van der Waals surface area (Å²) in [5.74, 6) is 1.16. The van der Waals surface area contributed by atoms with Gasteiger partial charge in [-0.25, -0.2) is 9.97 Å². The van der Waals surface area contributed by atoms with E-state index in [0.717, 1.165) is 59.8 Å². The van der Waals surface area contributed by atoms with Crippen LogP contribution in [0.3, 0.4) is 0 Å². The molecule has 1 saturated heterocycles. The van der Waals surface area contributed by atoms with Crippen LogP contribution in [0.15, 0.2) is 48.9 Å². The Hall–Kier alpha value is -3.85. The third-order valence-electron chi connectivity index (χ3n) is 6.12. The quantitative estimate of drug-likeness (QED) is 0.453. The Labute approximate surface area is 192 Å². The molecular formula is C24H28N8O. The van der Waals surface area contributed by atoms with Gasteiger partial charge < -0.3 is 30.2 Å². The maximum atomic E-state index is 6.45. The lowest BCUT2D eigenvalue weighted by Crippen LogP contribution is -2.44. The number of aryl methyl sites for hydroxylation is 1. The molecule has 0 bridgehead atoms. The van der Waals surface area contributed by atoms with Gasteiger partial charge in [-0.15, -0.1) is 0 Å². The molecule has 1 aliphatic heterocycles. The van der Waals surface area contributed by atoms with Gasteiger partial charge in [-0.05, 0) is 31.3 Å². The molecule has 0 radical (unpaired) electrons. The SMILES string of the molecule is COc1cc(N2CCN(C)CC2)c(N)cc1Nc1nccc(-c2cn(C)c3cccnc23)n1. The minimum absolute atomic E-state index is 0.463. The van der Waals surface area contributed by atoms with E-state index < -0.39 is 0 Å². The van der Waals surface area contributed by atoms with Crippen LogP contribution in [0.4, 0.5) is 23.0 Å². The van der Waals surface area contributed by atoms with Crippen molar-refractivity contribution in [1.82, 2.24) is 24.4 Å². The third kappa shape index (κ3) is 4.03. The number of benzene rings is 1. The van der Waals surface area contributed by atoms with Gasteiger partial charge in [0.1, 0.15) is 5.75 Å². The summed E-state index contributed by atoms with van der Waals surface area (Å²) >= 11 is 0. The van der Waals surface area contributed by atoms with Crippen LogP contribution in [0.25, 0.3) is 22.3 Å². The van der Waals surface area contributed by atoms with E-state index in [4.69, 9.17) is 15.5 Å². The molecule has 0 amide bonds. The molecule has 1 aromatic carbocycles. The Morgan fingerprint density at radius 3 is 2.64 bits per heavy atom. The second-order valence-electron chi connectivity index (χ2n) is 8.32. The molecule has 0 spiro atoms. The number of piperazine rings is 1. The van der Waals surface area contributed by atoms with Gasteiger partial charge in [-0.1, -0.05) is 0 Å². The number of nitrogen functional groups attached to an aromatic ring is 1. The Kier molecular flexibility index (Phi) is 5.47. The van der Waals surface area contributed by atoms with Gasteiger partial charge in [-0.3, -0.25) is 4.98 Å². The van der Waals surface area contributed by atoms with Crippen molar-refractivity contribution < 1.29 is 4.74 Å². The van der Waals surface area contributed by atoms with Crippen molar-refractivity contribution in [3.8, 4) is 17.0 Å². The Bertz CT molecular complexity index is 1290. The second kappa shape index (κ2) is 8.59. The fourth-order valence-electron chi connectivity index (χ4n) is 4.26. The summed E-state index contributed by atoms with van der Waals surface area (Å²) in [6, 6.07) is 9.74. The molecule has 33 heavy (non-hydrogen) atoms. The van der Waals surface area contributed by atoms with Crippen molar-refractivity contribution in [2.45, 2.75) is 0 Å². The van der Waals surface area contributed by atoms with Gasteiger partial charge in [0.05, 0.1) is 40.9 Å². The van der Waals surface area contributed by atoms with E-state index in [-0.39, 0.29) is 0 Å². The van der Waals surface area contributed by atoms with Crippen molar-refractivity contribution in [1.29, 1.82) is 0 Å². The molecule has 0 atom stereocenters. The first-order valence-electron chi connectivity index (χ1n) is 10.9. The Morgan fingerprint density at radius 2 is 1.85 bits per heavy atom. The topological polar surface area (TPSA) is 97.4 Å². The van der Waals surface area contributed by atoms with Gasteiger partial charge in [0, 0.05) is 63.4 Å². The first-order chi connectivity index (χ1) is 16.0. The van der Waals surface area contributed by atoms with E-state index in [1.165, 1.54) is 0 Å². The summed E-state index contributed by atoms with van der Waals surface area (Å²) < 4.78 is 7.73. The van der Waals surface area contributed by atoms with Gasteiger partial charge in [-0.2, -0.15) is 0 Å². The Morgan fingerprint density at radius 1 is 1.03 bits per heavy atom. The number of pyridine rings is 1. The van der Waals surface area contributed by atoms with E-state index in [9.17, 15) is 0 Å². The number of anilines is 4. The van der Waals surface area contributed by atoms with E-state index >= 15 is 0 Å². The lowest BCUT2D eigenvalue weighted by Gasteiger charge is -2.35. The zero-order chi connectivity index (χ0) is 22.9. The zero-order valence-corrected chi connectivity index (χ0v) is 19.1. The van der Waals surface area contributed by atoms with E-state index in [1.54, 1.807) is 19.5 Å². The van der Waals surface area contributed by atoms with Crippen molar-refractivity contribution in [2.75, 3.05) is 56.3 Å². The molecule has 3 N–H and O–H groups in total. The predicted octanol–water partition coefficient (Wildman–Crippen LogP) is 3.12. The highest BCUT2D eigenvalue weighted by atomic mass is 16.5. The first kappa shape index (κ1) is 21.0. The van der Waals surface area contributed by atoms with Crippen molar-refractivity contribution >= 4 is 34.0 Å². The van der Waals surface area contributed by atoms with E-state index in [1.807, 2.05) is 48.1 Å². The highest BCUT2D eigenvalue weighted by Gasteiger charge is 2.19. The number of rotatable bonds is 5. The number of hydrogen-bond acceptors (Lipinski definition) is 8. The highest BCUT2D eigenvalue weighted by Crippen LogP contribution is 2.37. The number of hydrogen-bond donors (Lipinski definition) is 2. The van der Waals surface area contributed by atoms with E-state index in [0.29, 0.717) is 17.4 Å². The second-order valence-corrected chi connectivity index (χ2v) is 8.32. The number of likely N-dealkylation sites (N-methyl/N-ethyl adjacent to an activating group) is 1. The zero-order valence-electron chi connectivity index (χ0n) is 19.1. The lowest BCUT2D eigenvalue weighted by molar-refractivity contribution is 0.313. The molecule has 170 valence electrons. The Balaban J connectivity index is 1.45. The summed E-state index contributed by atoms with van der Waals surface area (Å²) in [6.45, 7) is 3.87. The van der Waals surface area contributed by atoms with Crippen LogP contribution in [0.5, 0.6) is 5.75 Å². The summed E-state index contributed by atoms with van der Waals surface area (Å²) in [4.78, 5) is 18.3. The van der Waals surface area contributed by atoms with Crippen LogP contribution >= 0.6 is 0 Å². The normalized spacial score (nSPS) is 14.6. The van der Waals surface area contributed by atoms with Crippen LogP contribution in [0, 0.1) is 0 Å². The van der Waals surface area contributed by atoms with Crippen molar-refractivity contribution in [3.63, 3.8) is 0 Å². The molecule has 3 aromatic heterocycles. The molecule has 5 rings (SSSR count).